The summed E-state index contributed by atoms with van der Waals surface area (Å²) in [6.07, 6.45) is 3.06. The molecule has 0 aromatic rings. The number of hydrogen-bond donors (Lipinski definition) is 1. The van der Waals surface area contributed by atoms with Gasteiger partial charge in [0.05, 0.1) is 6.10 Å². The second kappa shape index (κ2) is 5.84. The average molecular weight is 189 g/mol. The fourth-order valence-electron chi connectivity index (χ4n) is 1.39. The Hall–Kier alpha value is 0.270. The largest absolute Gasteiger partial charge is 0.377 e. The van der Waals surface area contributed by atoms with Crippen molar-refractivity contribution in [3.05, 3.63) is 0 Å². The van der Waals surface area contributed by atoms with Gasteiger partial charge in [0.2, 0.25) is 0 Å². The van der Waals surface area contributed by atoms with Gasteiger partial charge in [0.25, 0.3) is 0 Å². The lowest BCUT2D eigenvalue weighted by Gasteiger charge is -2.13. The summed E-state index contributed by atoms with van der Waals surface area (Å²) in [6, 6.07) is 0. The highest BCUT2D eigenvalue weighted by Gasteiger charge is 2.16. The van der Waals surface area contributed by atoms with Crippen molar-refractivity contribution in [2.24, 2.45) is 0 Å². The Morgan fingerprint density at radius 2 is 2.50 bits per heavy atom. The summed E-state index contributed by atoms with van der Waals surface area (Å²) in [5.41, 5.74) is 0. The van der Waals surface area contributed by atoms with E-state index in [9.17, 15) is 0 Å². The second-order valence-electron chi connectivity index (χ2n) is 3.34. The van der Waals surface area contributed by atoms with Crippen LogP contribution in [0.3, 0.4) is 0 Å². The fourth-order valence-corrected chi connectivity index (χ4v) is 2.48. The molecule has 1 fully saturated rings. The molecule has 1 N–H and O–H groups in total. The first-order valence-electron chi connectivity index (χ1n) is 4.70. The van der Waals surface area contributed by atoms with Gasteiger partial charge in [-0.3, -0.25) is 0 Å². The number of rotatable bonds is 5. The minimum absolute atomic E-state index is 0.536. The van der Waals surface area contributed by atoms with E-state index in [0.717, 1.165) is 13.2 Å². The fraction of sp³-hybridized carbons (Fsp3) is 1.00. The van der Waals surface area contributed by atoms with Gasteiger partial charge in [0.1, 0.15) is 0 Å². The second-order valence-corrected chi connectivity index (χ2v) is 4.81. The van der Waals surface area contributed by atoms with Crippen molar-refractivity contribution in [2.45, 2.75) is 31.1 Å². The third-order valence-corrected chi connectivity index (χ3v) is 3.38. The Kier molecular flexibility index (Phi) is 5.04. The van der Waals surface area contributed by atoms with Crippen LogP contribution in [0.2, 0.25) is 0 Å². The molecule has 1 aliphatic rings. The zero-order valence-electron chi connectivity index (χ0n) is 8.01. The summed E-state index contributed by atoms with van der Waals surface area (Å²) in [6.45, 7) is 4.33. The Morgan fingerprint density at radius 1 is 1.67 bits per heavy atom. The first kappa shape index (κ1) is 10.4. The van der Waals surface area contributed by atoms with Gasteiger partial charge in [-0.15, -0.1) is 0 Å². The lowest BCUT2D eigenvalue weighted by molar-refractivity contribution is 0.129. The molecule has 0 saturated carbocycles. The number of hydrogen-bond acceptors (Lipinski definition) is 3. The van der Waals surface area contributed by atoms with Crippen molar-refractivity contribution in [1.29, 1.82) is 0 Å². The molecule has 0 aromatic heterocycles. The summed E-state index contributed by atoms with van der Waals surface area (Å²) in [5.74, 6) is 1.17. The Labute approximate surface area is 79.4 Å². The van der Waals surface area contributed by atoms with E-state index in [-0.39, 0.29) is 0 Å². The van der Waals surface area contributed by atoms with Gasteiger partial charge < -0.3 is 10.1 Å². The molecule has 0 bridgehead atoms. The smallest absolute Gasteiger partial charge is 0.0666 e. The van der Waals surface area contributed by atoms with Gasteiger partial charge >= 0.3 is 0 Å². The van der Waals surface area contributed by atoms with E-state index in [1.54, 1.807) is 0 Å². The van der Waals surface area contributed by atoms with Crippen molar-refractivity contribution >= 4 is 11.8 Å². The lowest BCUT2D eigenvalue weighted by atomic mass is 10.3. The van der Waals surface area contributed by atoms with Crippen molar-refractivity contribution in [1.82, 2.24) is 5.32 Å². The van der Waals surface area contributed by atoms with Crippen LogP contribution < -0.4 is 5.32 Å². The molecule has 72 valence electrons. The Bertz CT molecular complexity index is 115. The van der Waals surface area contributed by atoms with E-state index in [2.05, 4.69) is 12.2 Å². The van der Waals surface area contributed by atoms with Crippen LogP contribution >= 0.6 is 11.8 Å². The third kappa shape index (κ3) is 3.78. The van der Waals surface area contributed by atoms with Crippen molar-refractivity contribution < 1.29 is 4.74 Å². The van der Waals surface area contributed by atoms with E-state index in [0.29, 0.717) is 11.4 Å². The maximum absolute atomic E-state index is 5.54. The first-order chi connectivity index (χ1) is 5.83. The zero-order chi connectivity index (χ0) is 8.81. The van der Waals surface area contributed by atoms with Gasteiger partial charge in [-0.2, -0.15) is 11.8 Å². The third-order valence-electron chi connectivity index (χ3n) is 2.08. The molecule has 1 heterocycles. The topological polar surface area (TPSA) is 21.3 Å². The van der Waals surface area contributed by atoms with Crippen LogP contribution in [0.4, 0.5) is 0 Å². The normalized spacial score (nSPS) is 26.0. The minimum Gasteiger partial charge on any atom is -0.377 e. The predicted molar refractivity (Wildman–Crippen MR) is 54.8 cm³/mol. The molecule has 1 rings (SSSR count). The van der Waals surface area contributed by atoms with Crippen molar-refractivity contribution in [2.75, 3.05) is 26.0 Å². The number of nitrogens with one attached hydrogen (secondary N) is 1. The summed E-state index contributed by atoms with van der Waals surface area (Å²) < 4.78 is 5.54. The van der Waals surface area contributed by atoms with Crippen molar-refractivity contribution in [3.8, 4) is 0 Å². The molecular formula is C9H19NOS. The number of ether oxygens (including phenoxy) is 1. The maximum atomic E-state index is 5.54. The van der Waals surface area contributed by atoms with Crippen LogP contribution in [0, 0.1) is 0 Å². The summed E-state index contributed by atoms with van der Waals surface area (Å²) in [4.78, 5) is 0. The molecule has 0 aliphatic carbocycles. The highest BCUT2D eigenvalue weighted by atomic mass is 32.2. The van der Waals surface area contributed by atoms with Crippen LogP contribution in [0.15, 0.2) is 0 Å². The van der Waals surface area contributed by atoms with Gasteiger partial charge in [0.15, 0.2) is 0 Å². The molecule has 3 heteroatoms. The van der Waals surface area contributed by atoms with Gasteiger partial charge in [-0.1, -0.05) is 6.92 Å². The van der Waals surface area contributed by atoms with E-state index < -0.39 is 0 Å². The molecular weight excluding hydrogens is 170 g/mol. The van der Waals surface area contributed by atoms with Crippen LogP contribution in [0.1, 0.15) is 19.8 Å². The van der Waals surface area contributed by atoms with Gasteiger partial charge in [-0.05, 0) is 19.9 Å². The van der Waals surface area contributed by atoms with Crippen molar-refractivity contribution in [3.63, 3.8) is 0 Å². The quantitative estimate of drug-likeness (QED) is 0.708. The summed E-state index contributed by atoms with van der Waals surface area (Å²) in [5, 5.41) is 3.89. The maximum Gasteiger partial charge on any atom is 0.0666 e. The molecule has 0 radical (unpaired) electrons. The van der Waals surface area contributed by atoms with E-state index in [4.69, 9.17) is 4.74 Å². The van der Waals surface area contributed by atoms with Crippen LogP contribution in [-0.2, 0) is 4.74 Å². The highest BCUT2D eigenvalue weighted by Crippen LogP contribution is 2.19. The summed E-state index contributed by atoms with van der Waals surface area (Å²) in [7, 11) is 2.00. The molecule has 0 amide bonds. The summed E-state index contributed by atoms with van der Waals surface area (Å²) >= 11 is 2.01. The predicted octanol–water partition coefficient (Wildman–Crippen LogP) is 1.51. The van der Waals surface area contributed by atoms with E-state index >= 15 is 0 Å². The average Bonchev–Trinajstić information content (AvgIpc) is 2.53. The molecule has 2 nitrogen and oxygen atoms in total. The molecule has 12 heavy (non-hydrogen) atoms. The van der Waals surface area contributed by atoms with Gasteiger partial charge in [0, 0.05) is 24.2 Å². The first-order valence-corrected chi connectivity index (χ1v) is 5.75. The number of thioether (sulfide) groups is 1. The molecule has 0 aromatic carbocycles. The van der Waals surface area contributed by atoms with Crippen LogP contribution in [0.5, 0.6) is 0 Å². The lowest BCUT2D eigenvalue weighted by Crippen LogP contribution is -2.20. The monoisotopic (exact) mass is 189 g/mol. The molecule has 1 saturated heterocycles. The zero-order valence-corrected chi connectivity index (χ0v) is 8.82. The Balaban J connectivity index is 1.99. The SMILES string of the molecule is CNCC(C)SCC1CCCO1. The molecule has 2 unspecified atom stereocenters. The van der Waals surface area contributed by atoms with Gasteiger partial charge in [-0.25, -0.2) is 0 Å². The standard InChI is InChI=1S/C9H19NOS/c1-8(6-10-2)12-7-9-4-3-5-11-9/h8-10H,3-7H2,1-2H3. The van der Waals surface area contributed by atoms with E-state index in [1.165, 1.54) is 18.6 Å². The van der Waals surface area contributed by atoms with Crippen LogP contribution in [-0.4, -0.2) is 37.3 Å². The molecule has 1 aliphatic heterocycles. The van der Waals surface area contributed by atoms with Crippen LogP contribution in [0.25, 0.3) is 0 Å². The van der Waals surface area contributed by atoms with E-state index in [1.807, 2.05) is 18.8 Å². The highest BCUT2D eigenvalue weighted by molar-refractivity contribution is 7.99. The minimum atomic E-state index is 0.536. The Morgan fingerprint density at radius 3 is 3.08 bits per heavy atom. The molecule has 2 atom stereocenters. The molecule has 0 spiro atoms.